The van der Waals surface area contributed by atoms with Crippen molar-refractivity contribution in [1.29, 1.82) is 0 Å². The highest BCUT2D eigenvalue weighted by Gasteiger charge is 2.68. The molecule has 3 aromatic carbocycles. The molecule has 3 aromatic rings. The fourth-order valence-electron chi connectivity index (χ4n) is 5.51. The smallest absolute Gasteiger partial charge is 0.257 e. The minimum Gasteiger partial charge on any atom is -0.368 e. The molecule has 1 amide bonds. The molecular weight excluding hydrogens is 412 g/mol. The highest BCUT2D eigenvalue weighted by atomic mass is 16.3. The lowest BCUT2D eigenvalue weighted by atomic mass is 9.70. The van der Waals surface area contributed by atoms with E-state index in [0.717, 1.165) is 11.1 Å². The first-order chi connectivity index (χ1) is 16.0. The highest BCUT2D eigenvalue weighted by Crippen LogP contribution is 2.55. The Labute approximate surface area is 193 Å². The van der Waals surface area contributed by atoms with Gasteiger partial charge in [-0.25, -0.2) is 0 Å². The third-order valence-electron chi connectivity index (χ3n) is 7.12. The molecule has 0 unspecified atom stereocenters. The number of amides is 1. The number of hydrogen-bond donors (Lipinski definition) is 1. The van der Waals surface area contributed by atoms with Crippen molar-refractivity contribution in [3.8, 4) is 0 Å². The Bertz CT molecular complexity index is 1170. The predicted molar refractivity (Wildman–Crippen MR) is 127 cm³/mol. The average molecular weight is 439 g/mol. The molecule has 5 rings (SSSR count). The van der Waals surface area contributed by atoms with Crippen molar-refractivity contribution in [3.05, 3.63) is 108 Å². The summed E-state index contributed by atoms with van der Waals surface area (Å²) < 4.78 is 0. The van der Waals surface area contributed by atoms with E-state index in [0.29, 0.717) is 30.5 Å². The maximum Gasteiger partial charge on any atom is 0.257 e. The van der Waals surface area contributed by atoms with Gasteiger partial charge in [-0.3, -0.25) is 9.59 Å². The summed E-state index contributed by atoms with van der Waals surface area (Å²) in [5.41, 5.74) is -0.288. The van der Waals surface area contributed by atoms with Gasteiger partial charge in [-0.1, -0.05) is 91.0 Å². The molecule has 5 nitrogen and oxygen atoms in total. The van der Waals surface area contributed by atoms with Gasteiger partial charge in [-0.2, -0.15) is 10.1 Å². The molecule has 0 aromatic heterocycles. The molecule has 2 aliphatic rings. The molecule has 166 valence electrons. The Balaban J connectivity index is 1.60. The molecule has 2 atom stereocenters. The summed E-state index contributed by atoms with van der Waals surface area (Å²) in [4.78, 5) is 27.9. The van der Waals surface area contributed by atoms with Gasteiger partial charge in [0.15, 0.2) is 11.5 Å². The van der Waals surface area contributed by atoms with Crippen LogP contribution in [0.3, 0.4) is 0 Å². The molecule has 0 spiro atoms. The average Bonchev–Trinajstić information content (AvgIpc) is 3.32. The normalized spacial score (nSPS) is 24.0. The Hall–Kier alpha value is -3.57. The van der Waals surface area contributed by atoms with Crippen molar-refractivity contribution in [2.75, 3.05) is 0 Å². The minimum absolute atomic E-state index is 0.185. The number of ketones is 1. The second-order valence-corrected chi connectivity index (χ2v) is 8.86. The van der Waals surface area contributed by atoms with Crippen LogP contribution >= 0.6 is 0 Å². The third-order valence-corrected chi connectivity index (χ3v) is 7.12. The number of hydrogen-bond acceptors (Lipinski definition) is 4. The van der Waals surface area contributed by atoms with Crippen LogP contribution < -0.4 is 0 Å². The highest BCUT2D eigenvalue weighted by molar-refractivity contribution is 6.18. The van der Waals surface area contributed by atoms with Gasteiger partial charge in [0, 0.05) is 5.56 Å². The van der Waals surface area contributed by atoms with E-state index < -0.39 is 17.1 Å². The van der Waals surface area contributed by atoms with E-state index in [4.69, 9.17) is 0 Å². The number of Topliss-reactive ketones (excluding diaryl/α,β-unsaturated/α-hetero) is 1. The van der Waals surface area contributed by atoms with Crippen LogP contribution in [0.2, 0.25) is 0 Å². The summed E-state index contributed by atoms with van der Waals surface area (Å²) >= 11 is 0. The molecule has 1 saturated carbocycles. The molecule has 5 heteroatoms. The van der Waals surface area contributed by atoms with E-state index in [1.807, 2.05) is 78.9 Å². The zero-order valence-corrected chi connectivity index (χ0v) is 18.5. The largest absolute Gasteiger partial charge is 0.368 e. The summed E-state index contributed by atoms with van der Waals surface area (Å²) in [5.74, 6) is -1.16. The van der Waals surface area contributed by atoms with Gasteiger partial charge < -0.3 is 5.11 Å². The lowest BCUT2D eigenvalue weighted by Gasteiger charge is -2.39. The fraction of sp³-hybridized carbons (Fsp3) is 0.250. The topological polar surface area (TPSA) is 70.0 Å². The SMILES string of the molecule is CC1=NN(C(=O)C(c2ccccc2)c2ccccc2)[C@@]2(O)CCC[C@@]12C(=O)c1ccccc1. The van der Waals surface area contributed by atoms with Crippen LogP contribution in [0.5, 0.6) is 0 Å². The summed E-state index contributed by atoms with van der Waals surface area (Å²) in [7, 11) is 0. The zero-order chi connectivity index (χ0) is 23.1. The number of rotatable bonds is 5. The molecule has 0 bridgehead atoms. The van der Waals surface area contributed by atoms with Crippen molar-refractivity contribution in [3.63, 3.8) is 0 Å². The summed E-state index contributed by atoms with van der Waals surface area (Å²) in [6.07, 6.45) is 1.39. The van der Waals surface area contributed by atoms with Crippen LogP contribution in [0, 0.1) is 5.41 Å². The molecule has 1 aliphatic carbocycles. The molecule has 0 radical (unpaired) electrons. The quantitative estimate of drug-likeness (QED) is 0.583. The number of carbonyl (C=O) groups is 2. The molecule has 1 fully saturated rings. The van der Waals surface area contributed by atoms with Crippen LogP contribution in [0.25, 0.3) is 0 Å². The van der Waals surface area contributed by atoms with Crippen molar-refractivity contribution in [1.82, 2.24) is 5.01 Å². The first kappa shape index (κ1) is 21.3. The van der Waals surface area contributed by atoms with E-state index in [2.05, 4.69) is 5.10 Å². The van der Waals surface area contributed by atoms with Crippen LogP contribution in [0.1, 0.15) is 53.6 Å². The van der Waals surface area contributed by atoms with E-state index in [-0.39, 0.29) is 11.7 Å². The zero-order valence-electron chi connectivity index (χ0n) is 18.5. The van der Waals surface area contributed by atoms with Crippen LogP contribution in [-0.2, 0) is 4.79 Å². The van der Waals surface area contributed by atoms with Gasteiger partial charge in [0.05, 0.1) is 11.6 Å². The van der Waals surface area contributed by atoms with Crippen LogP contribution in [0.4, 0.5) is 0 Å². The molecule has 1 aliphatic heterocycles. The van der Waals surface area contributed by atoms with Crippen molar-refractivity contribution in [2.45, 2.75) is 37.8 Å². The number of carbonyl (C=O) groups excluding carboxylic acids is 2. The number of aliphatic hydroxyl groups is 1. The second kappa shape index (κ2) is 8.09. The van der Waals surface area contributed by atoms with Gasteiger partial charge in [0.25, 0.3) is 5.91 Å². The standard InChI is InChI=1S/C28H26N2O3/c1-20-27(25(31)23-16-9-4-10-17-23)18-11-19-28(27,33)30(29-20)26(32)24(21-12-5-2-6-13-21)22-14-7-3-8-15-22/h2-10,12-17,24,33H,11,18-19H2,1H3/t27-,28+/m0/s1. The summed E-state index contributed by atoms with van der Waals surface area (Å²) in [6.45, 7) is 1.75. The lowest BCUT2D eigenvalue weighted by molar-refractivity contribution is -0.165. The Morgan fingerprint density at radius 3 is 1.91 bits per heavy atom. The van der Waals surface area contributed by atoms with Crippen molar-refractivity contribution >= 4 is 17.4 Å². The van der Waals surface area contributed by atoms with Crippen molar-refractivity contribution < 1.29 is 14.7 Å². The maximum absolute atomic E-state index is 14.1. The summed E-state index contributed by atoms with van der Waals surface area (Å²) in [5, 5.41) is 17.8. The predicted octanol–water partition coefficient (Wildman–Crippen LogP) is 4.78. The van der Waals surface area contributed by atoms with E-state index in [9.17, 15) is 14.7 Å². The van der Waals surface area contributed by atoms with E-state index in [1.54, 1.807) is 19.1 Å². The van der Waals surface area contributed by atoms with Gasteiger partial charge in [-0.05, 0) is 37.3 Å². The van der Waals surface area contributed by atoms with Crippen LogP contribution in [-0.4, -0.2) is 33.2 Å². The monoisotopic (exact) mass is 438 g/mol. The Morgan fingerprint density at radius 1 is 0.848 bits per heavy atom. The first-order valence-corrected chi connectivity index (χ1v) is 11.3. The second-order valence-electron chi connectivity index (χ2n) is 8.86. The van der Waals surface area contributed by atoms with Crippen molar-refractivity contribution in [2.24, 2.45) is 10.5 Å². The van der Waals surface area contributed by atoms with Gasteiger partial charge in [0.2, 0.25) is 0 Å². The Kier molecular flexibility index (Phi) is 5.22. The fourth-order valence-corrected chi connectivity index (χ4v) is 5.51. The molecule has 33 heavy (non-hydrogen) atoms. The molecule has 1 N–H and O–H groups in total. The first-order valence-electron chi connectivity index (χ1n) is 11.3. The Morgan fingerprint density at radius 2 is 1.36 bits per heavy atom. The number of nitrogens with zero attached hydrogens (tertiary/aromatic N) is 2. The molecule has 1 heterocycles. The van der Waals surface area contributed by atoms with E-state index in [1.165, 1.54) is 5.01 Å². The van der Waals surface area contributed by atoms with Crippen LogP contribution in [0.15, 0.2) is 96.1 Å². The van der Waals surface area contributed by atoms with Gasteiger partial charge in [0.1, 0.15) is 5.41 Å². The lowest BCUT2D eigenvalue weighted by Crippen LogP contribution is -2.58. The minimum atomic E-state index is -1.69. The molecular formula is C28H26N2O3. The van der Waals surface area contributed by atoms with E-state index >= 15 is 0 Å². The molecule has 0 saturated heterocycles. The third kappa shape index (κ3) is 3.15. The maximum atomic E-state index is 14.1. The van der Waals surface area contributed by atoms with Gasteiger partial charge in [-0.15, -0.1) is 0 Å². The number of fused-ring (bicyclic) bond motifs is 1. The number of benzene rings is 3. The number of hydrazone groups is 1. The summed E-state index contributed by atoms with van der Waals surface area (Å²) in [6, 6.07) is 28.0. The van der Waals surface area contributed by atoms with Gasteiger partial charge >= 0.3 is 0 Å².